The van der Waals surface area contributed by atoms with Crippen molar-refractivity contribution >= 4 is 21.4 Å². The average Bonchev–Trinajstić information content (AvgIpc) is 2.92. The van der Waals surface area contributed by atoms with Crippen LogP contribution in [-0.2, 0) is 14.6 Å². The largest absolute Gasteiger partial charge is 0.326 e. The lowest BCUT2D eigenvalue weighted by atomic mass is 10.1. The zero-order chi connectivity index (χ0) is 15.7. The first-order valence-corrected chi connectivity index (χ1v) is 8.51. The highest BCUT2D eigenvalue weighted by Crippen LogP contribution is 2.26. The molecule has 0 saturated heterocycles. The number of carbonyl (C=O) groups excluding carboxylic acids is 1. The molecule has 0 radical (unpaired) electrons. The van der Waals surface area contributed by atoms with Gasteiger partial charge in [0.15, 0.2) is 9.84 Å². The third-order valence-electron chi connectivity index (χ3n) is 3.62. The number of anilines is 1. The normalized spacial score (nSPS) is 16.1. The number of carbonyl (C=O) groups is 1. The Bertz CT molecular complexity index is 644. The minimum absolute atomic E-state index is 0.0111. The number of amides is 1. The zero-order valence-corrected chi connectivity index (χ0v) is 13.4. The molecule has 1 aliphatic carbocycles. The summed E-state index contributed by atoms with van der Waals surface area (Å²) in [5.74, 6) is -0.0330. The Morgan fingerprint density at radius 3 is 2.10 bits per heavy atom. The van der Waals surface area contributed by atoms with Crippen LogP contribution in [0.3, 0.4) is 0 Å². The molecular formula is C16H21NO3S. The zero-order valence-electron chi connectivity index (χ0n) is 12.6. The van der Waals surface area contributed by atoms with Gasteiger partial charge in [-0.15, -0.1) is 0 Å². The number of rotatable bonds is 3. The highest BCUT2D eigenvalue weighted by molar-refractivity contribution is 7.92. The molecule has 0 fully saturated rings. The van der Waals surface area contributed by atoms with Crippen LogP contribution in [0.4, 0.5) is 5.69 Å². The Labute approximate surface area is 126 Å². The SMILES string of the molecule is CC(C)(C)S(=O)(=O)c1ccc(NC(=O)C2CC=CC2)cc1. The maximum absolute atomic E-state index is 12.3. The molecule has 2 rings (SSSR count). The lowest BCUT2D eigenvalue weighted by Gasteiger charge is -2.19. The lowest BCUT2D eigenvalue weighted by molar-refractivity contribution is -0.119. The van der Waals surface area contributed by atoms with E-state index in [4.69, 9.17) is 0 Å². The molecule has 1 aromatic carbocycles. The molecular weight excluding hydrogens is 286 g/mol. The van der Waals surface area contributed by atoms with E-state index in [9.17, 15) is 13.2 Å². The van der Waals surface area contributed by atoms with Crippen molar-refractivity contribution in [1.82, 2.24) is 0 Å². The first-order chi connectivity index (χ1) is 9.72. The van der Waals surface area contributed by atoms with Crippen LogP contribution in [-0.4, -0.2) is 19.1 Å². The molecule has 114 valence electrons. The number of hydrogen-bond donors (Lipinski definition) is 1. The van der Waals surface area contributed by atoms with E-state index in [1.165, 1.54) is 0 Å². The fraction of sp³-hybridized carbons (Fsp3) is 0.438. The second-order valence-electron chi connectivity index (χ2n) is 6.27. The topological polar surface area (TPSA) is 63.2 Å². The van der Waals surface area contributed by atoms with Crippen molar-refractivity contribution in [3.8, 4) is 0 Å². The lowest BCUT2D eigenvalue weighted by Crippen LogP contribution is -2.27. The fourth-order valence-corrected chi connectivity index (χ4v) is 3.35. The number of nitrogens with one attached hydrogen (secondary N) is 1. The average molecular weight is 307 g/mol. The standard InChI is InChI=1S/C16H21NO3S/c1-16(2,3)21(19,20)14-10-8-13(9-11-14)17-15(18)12-6-4-5-7-12/h4-5,8-12H,6-7H2,1-3H3,(H,17,18). The number of benzene rings is 1. The van der Waals surface area contributed by atoms with Gasteiger partial charge in [0.2, 0.25) is 5.91 Å². The third-order valence-corrected chi connectivity index (χ3v) is 6.12. The summed E-state index contributed by atoms with van der Waals surface area (Å²) in [5, 5.41) is 2.83. The highest BCUT2D eigenvalue weighted by atomic mass is 32.2. The van der Waals surface area contributed by atoms with Crippen molar-refractivity contribution in [3.63, 3.8) is 0 Å². The van der Waals surface area contributed by atoms with Crippen LogP contribution in [0.2, 0.25) is 0 Å². The van der Waals surface area contributed by atoms with E-state index in [0.717, 1.165) is 12.8 Å². The summed E-state index contributed by atoms with van der Waals surface area (Å²) in [6.45, 7) is 5.02. The van der Waals surface area contributed by atoms with Crippen molar-refractivity contribution in [3.05, 3.63) is 36.4 Å². The van der Waals surface area contributed by atoms with Gasteiger partial charge in [0, 0.05) is 11.6 Å². The van der Waals surface area contributed by atoms with Crippen LogP contribution < -0.4 is 5.32 Å². The van der Waals surface area contributed by atoms with Gasteiger partial charge in [-0.1, -0.05) is 12.2 Å². The van der Waals surface area contributed by atoms with E-state index < -0.39 is 14.6 Å². The Kier molecular flexibility index (Phi) is 4.23. The summed E-state index contributed by atoms with van der Waals surface area (Å²) in [6.07, 6.45) is 5.54. The Hall–Kier alpha value is -1.62. The van der Waals surface area contributed by atoms with Gasteiger partial charge >= 0.3 is 0 Å². The van der Waals surface area contributed by atoms with E-state index in [2.05, 4.69) is 5.32 Å². The van der Waals surface area contributed by atoms with Gasteiger partial charge in [-0.2, -0.15) is 0 Å². The predicted molar refractivity (Wildman–Crippen MR) is 83.9 cm³/mol. The summed E-state index contributed by atoms with van der Waals surface area (Å²) < 4.78 is 23.8. The molecule has 0 spiro atoms. The fourth-order valence-electron chi connectivity index (χ4n) is 2.15. The second-order valence-corrected chi connectivity index (χ2v) is 8.97. The molecule has 0 aromatic heterocycles. The van der Waals surface area contributed by atoms with Crippen molar-refractivity contribution < 1.29 is 13.2 Å². The van der Waals surface area contributed by atoms with Gasteiger partial charge < -0.3 is 5.32 Å². The number of allylic oxidation sites excluding steroid dienone is 2. The molecule has 5 heteroatoms. The molecule has 0 heterocycles. The van der Waals surface area contributed by atoms with Crippen LogP contribution in [0.25, 0.3) is 0 Å². The molecule has 1 amide bonds. The Balaban J connectivity index is 2.11. The molecule has 1 N–H and O–H groups in total. The Morgan fingerprint density at radius 2 is 1.62 bits per heavy atom. The molecule has 0 unspecified atom stereocenters. The minimum atomic E-state index is -3.36. The quantitative estimate of drug-likeness (QED) is 0.872. The van der Waals surface area contributed by atoms with Gasteiger partial charge in [-0.25, -0.2) is 8.42 Å². The van der Waals surface area contributed by atoms with E-state index in [1.807, 2.05) is 12.2 Å². The first kappa shape index (κ1) is 15.8. The molecule has 21 heavy (non-hydrogen) atoms. The number of hydrogen-bond acceptors (Lipinski definition) is 3. The van der Waals surface area contributed by atoms with Crippen LogP contribution in [0.15, 0.2) is 41.3 Å². The van der Waals surface area contributed by atoms with Crippen LogP contribution in [0, 0.1) is 5.92 Å². The van der Waals surface area contributed by atoms with Crippen LogP contribution in [0.1, 0.15) is 33.6 Å². The smallest absolute Gasteiger partial charge is 0.228 e. The number of sulfone groups is 1. The van der Waals surface area contributed by atoms with Gasteiger partial charge in [-0.3, -0.25) is 4.79 Å². The Morgan fingerprint density at radius 1 is 1.10 bits per heavy atom. The minimum Gasteiger partial charge on any atom is -0.326 e. The van der Waals surface area contributed by atoms with E-state index >= 15 is 0 Å². The maximum atomic E-state index is 12.3. The summed E-state index contributed by atoms with van der Waals surface area (Å²) in [7, 11) is -3.36. The van der Waals surface area contributed by atoms with Gasteiger partial charge in [0.1, 0.15) is 0 Å². The van der Waals surface area contributed by atoms with Crippen molar-refractivity contribution in [2.24, 2.45) is 5.92 Å². The van der Waals surface area contributed by atoms with Crippen molar-refractivity contribution in [2.45, 2.75) is 43.3 Å². The predicted octanol–water partition coefficient (Wildman–Crippen LogP) is 3.16. The summed E-state index contributed by atoms with van der Waals surface area (Å²) in [6, 6.07) is 6.37. The monoisotopic (exact) mass is 307 g/mol. The molecule has 1 aliphatic rings. The van der Waals surface area contributed by atoms with E-state index in [1.54, 1.807) is 45.0 Å². The summed E-state index contributed by atoms with van der Waals surface area (Å²) in [5.41, 5.74) is 0.625. The van der Waals surface area contributed by atoms with Gasteiger partial charge in [0.25, 0.3) is 0 Å². The molecule has 0 saturated carbocycles. The molecule has 1 aromatic rings. The molecule has 0 atom stereocenters. The van der Waals surface area contributed by atoms with Crippen LogP contribution in [0.5, 0.6) is 0 Å². The molecule has 0 bridgehead atoms. The van der Waals surface area contributed by atoms with Gasteiger partial charge in [0.05, 0.1) is 9.64 Å². The molecule has 4 nitrogen and oxygen atoms in total. The van der Waals surface area contributed by atoms with E-state index in [0.29, 0.717) is 5.69 Å². The van der Waals surface area contributed by atoms with E-state index in [-0.39, 0.29) is 16.7 Å². The first-order valence-electron chi connectivity index (χ1n) is 7.02. The van der Waals surface area contributed by atoms with Crippen molar-refractivity contribution in [1.29, 1.82) is 0 Å². The highest BCUT2D eigenvalue weighted by Gasteiger charge is 2.30. The molecule has 0 aliphatic heterocycles. The van der Waals surface area contributed by atoms with Crippen molar-refractivity contribution in [2.75, 3.05) is 5.32 Å². The van der Waals surface area contributed by atoms with Gasteiger partial charge in [-0.05, 0) is 57.9 Å². The summed E-state index contributed by atoms with van der Waals surface area (Å²) >= 11 is 0. The third kappa shape index (κ3) is 3.35. The summed E-state index contributed by atoms with van der Waals surface area (Å²) in [4.78, 5) is 12.3. The van der Waals surface area contributed by atoms with Crippen LogP contribution >= 0.6 is 0 Å². The second kappa shape index (κ2) is 5.64. The maximum Gasteiger partial charge on any atom is 0.228 e.